The van der Waals surface area contributed by atoms with E-state index in [-0.39, 0.29) is 17.0 Å². The van der Waals surface area contributed by atoms with Crippen LogP contribution in [0.1, 0.15) is 11.9 Å². The zero-order valence-corrected chi connectivity index (χ0v) is 11.8. The summed E-state index contributed by atoms with van der Waals surface area (Å²) in [5.74, 6) is -0.0150. The molecule has 120 valence electrons. The molecule has 6 N–H and O–H groups in total. The van der Waals surface area contributed by atoms with Gasteiger partial charge >= 0.3 is 7.60 Å². The van der Waals surface area contributed by atoms with Crippen LogP contribution in [0.4, 0.5) is 0 Å². The van der Waals surface area contributed by atoms with Crippen LogP contribution in [0, 0.1) is 0 Å². The van der Waals surface area contributed by atoms with Crippen molar-refractivity contribution in [3.8, 4) is 0 Å². The van der Waals surface area contributed by atoms with Gasteiger partial charge in [0.05, 0.1) is 12.8 Å². The summed E-state index contributed by atoms with van der Waals surface area (Å²) in [5, 5.41) is 28.6. The number of aromatic amines is 1. The Kier molecular flexibility index (Phi) is 3.73. The molecule has 2 aromatic rings. The third kappa shape index (κ3) is 2.52. The lowest BCUT2D eigenvalue weighted by atomic mass is 10.1. The number of fused-ring (bicyclic) bond motifs is 1. The van der Waals surface area contributed by atoms with E-state index in [9.17, 15) is 14.8 Å². The average Bonchev–Trinajstić information content (AvgIpc) is 3.01. The van der Waals surface area contributed by atoms with Crippen LogP contribution >= 0.6 is 7.60 Å². The first-order valence-corrected chi connectivity index (χ1v) is 7.83. The number of aliphatic hydroxyl groups excluding tert-OH is 3. The van der Waals surface area contributed by atoms with Gasteiger partial charge in [-0.25, -0.2) is 15.0 Å². The van der Waals surface area contributed by atoms with E-state index in [2.05, 4.69) is 19.9 Å². The fraction of sp³-hybridized carbons (Fsp3) is 0.500. The Morgan fingerprint density at radius 3 is 2.59 bits per heavy atom. The summed E-state index contributed by atoms with van der Waals surface area (Å²) >= 11 is 0. The van der Waals surface area contributed by atoms with Crippen molar-refractivity contribution in [2.45, 2.75) is 24.4 Å². The first kappa shape index (κ1) is 15.4. The van der Waals surface area contributed by atoms with E-state index in [1.54, 1.807) is 0 Å². The first-order chi connectivity index (χ1) is 10.3. The van der Waals surface area contributed by atoms with E-state index in [4.69, 9.17) is 19.6 Å². The minimum atomic E-state index is -4.56. The number of H-pyrrole nitrogens is 1. The second kappa shape index (κ2) is 5.32. The van der Waals surface area contributed by atoms with Crippen molar-refractivity contribution >= 4 is 24.3 Å². The number of nitrogens with zero attached hydrogens (tertiary/aromatic N) is 3. The van der Waals surface area contributed by atoms with E-state index in [1.165, 1.54) is 6.20 Å². The molecule has 0 bridgehead atoms. The number of ether oxygens (including phenoxy) is 1. The molecule has 0 aromatic carbocycles. The molecule has 0 amide bonds. The molecule has 1 aliphatic heterocycles. The largest absolute Gasteiger partial charge is 0.394 e. The summed E-state index contributed by atoms with van der Waals surface area (Å²) in [5.41, 5.74) is -0.356. The first-order valence-electron chi connectivity index (χ1n) is 6.22. The molecular weight excluding hydrogens is 319 g/mol. The monoisotopic (exact) mass is 332 g/mol. The van der Waals surface area contributed by atoms with Crippen LogP contribution in [0.3, 0.4) is 0 Å². The average molecular weight is 332 g/mol. The Balaban J connectivity index is 1.97. The minimum Gasteiger partial charge on any atom is -0.394 e. The Labute approximate surface area is 122 Å². The van der Waals surface area contributed by atoms with Crippen LogP contribution in [0.15, 0.2) is 6.20 Å². The van der Waals surface area contributed by atoms with Gasteiger partial charge in [0, 0.05) is 0 Å². The van der Waals surface area contributed by atoms with Gasteiger partial charge in [0.2, 0.25) is 5.57 Å². The van der Waals surface area contributed by atoms with Gasteiger partial charge in [-0.05, 0) is 0 Å². The predicted octanol–water partition coefficient (Wildman–Crippen LogP) is -2.69. The fourth-order valence-corrected chi connectivity index (χ4v) is 2.69. The fourth-order valence-electron chi connectivity index (χ4n) is 2.20. The summed E-state index contributed by atoms with van der Waals surface area (Å²) < 4.78 is 16.4. The van der Waals surface area contributed by atoms with E-state index in [0.717, 1.165) is 0 Å². The van der Waals surface area contributed by atoms with Crippen molar-refractivity contribution < 1.29 is 34.4 Å². The number of rotatable bonds is 3. The molecule has 0 saturated carbocycles. The molecule has 0 spiro atoms. The number of aliphatic hydroxyl groups is 3. The van der Waals surface area contributed by atoms with Gasteiger partial charge in [0.1, 0.15) is 29.9 Å². The molecule has 4 atom stereocenters. The van der Waals surface area contributed by atoms with E-state index in [0.29, 0.717) is 0 Å². The quantitative estimate of drug-likeness (QED) is 0.324. The Hall–Kier alpha value is -1.46. The zero-order valence-electron chi connectivity index (χ0n) is 10.9. The number of hydrogen-bond donors (Lipinski definition) is 6. The summed E-state index contributed by atoms with van der Waals surface area (Å²) in [7, 11) is -4.56. The molecule has 2 aromatic heterocycles. The van der Waals surface area contributed by atoms with Crippen LogP contribution in [-0.2, 0) is 9.30 Å². The highest BCUT2D eigenvalue weighted by Gasteiger charge is 2.44. The smallest absolute Gasteiger partial charge is 0.391 e. The maximum atomic E-state index is 11.1. The van der Waals surface area contributed by atoms with Crippen LogP contribution in [-0.4, -0.2) is 70.0 Å². The molecular formula is C10H13N4O7P. The highest BCUT2D eigenvalue weighted by molar-refractivity contribution is 7.59. The number of imidazole rings is 1. The molecule has 1 saturated heterocycles. The second-order valence-corrected chi connectivity index (χ2v) is 6.34. The minimum absolute atomic E-state index is 0.0129. The predicted molar refractivity (Wildman–Crippen MR) is 70.1 cm³/mol. The van der Waals surface area contributed by atoms with E-state index < -0.39 is 44.2 Å². The molecule has 0 radical (unpaired) electrons. The maximum Gasteiger partial charge on any atom is 0.391 e. The molecule has 3 heterocycles. The van der Waals surface area contributed by atoms with Gasteiger partial charge in [-0.1, -0.05) is 0 Å². The number of nitrogens with one attached hydrogen (secondary N) is 1. The van der Waals surface area contributed by atoms with E-state index in [1.807, 2.05) is 0 Å². The summed E-state index contributed by atoms with van der Waals surface area (Å²) in [6.07, 6.45) is -3.44. The topological polar surface area (TPSA) is 182 Å². The lowest BCUT2D eigenvalue weighted by Crippen LogP contribution is -2.32. The third-order valence-electron chi connectivity index (χ3n) is 3.32. The Bertz CT molecular complexity index is 746. The molecule has 3 rings (SSSR count). The SMILES string of the molecule is O=P(O)(O)c1nc2nc(C3O[C@H](CO)[C@@H](O)[C@H]3O)ncc2[nH]1. The normalized spacial score (nSPS) is 29.3. The number of hydrogen-bond acceptors (Lipinski definition) is 8. The van der Waals surface area contributed by atoms with Gasteiger partial charge in [-0.15, -0.1) is 0 Å². The molecule has 1 aliphatic rings. The van der Waals surface area contributed by atoms with Gasteiger partial charge in [-0.2, -0.15) is 0 Å². The molecule has 11 nitrogen and oxygen atoms in total. The van der Waals surface area contributed by atoms with Gasteiger partial charge in [-0.3, -0.25) is 4.57 Å². The molecule has 0 aliphatic carbocycles. The molecule has 12 heteroatoms. The lowest BCUT2D eigenvalue weighted by Gasteiger charge is -2.12. The second-order valence-electron chi connectivity index (χ2n) is 4.83. The van der Waals surface area contributed by atoms with Gasteiger partial charge in [0.15, 0.2) is 11.5 Å². The van der Waals surface area contributed by atoms with E-state index >= 15 is 0 Å². The summed E-state index contributed by atoms with van der Waals surface area (Å²) in [4.78, 5) is 32.1. The molecule has 22 heavy (non-hydrogen) atoms. The van der Waals surface area contributed by atoms with Crippen molar-refractivity contribution in [1.82, 2.24) is 19.9 Å². The van der Waals surface area contributed by atoms with Gasteiger partial charge < -0.3 is 34.8 Å². The summed E-state index contributed by atoms with van der Waals surface area (Å²) in [6.45, 7) is -0.484. The lowest BCUT2D eigenvalue weighted by molar-refractivity contribution is -0.0252. The van der Waals surface area contributed by atoms with Crippen molar-refractivity contribution in [2.75, 3.05) is 6.61 Å². The van der Waals surface area contributed by atoms with Crippen molar-refractivity contribution in [3.63, 3.8) is 0 Å². The summed E-state index contributed by atoms with van der Waals surface area (Å²) in [6, 6.07) is 0. The zero-order chi connectivity index (χ0) is 16.1. The van der Waals surface area contributed by atoms with Crippen LogP contribution in [0.25, 0.3) is 11.2 Å². The third-order valence-corrected chi connectivity index (χ3v) is 4.08. The van der Waals surface area contributed by atoms with Crippen LogP contribution < -0.4 is 5.57 Å². The maximum absolute atomic E-state index is 11.1. The Morgan fingerprint density at radius 1 is 1.27 bits per heavy atom. The van der Waals surface area contributed by atoms with Gasteiger partial charge in [0.25, 0.3) is 0 Å². The highest BCUT2D eigenvalue weighted by Crippen LogP contribution is 2.33. The van der Waals surface area contributed by atoms with Crippen LogP contribution in [0.5, 0.6) is 0 Å². The Morgan fingerprint density at radius 2 is 2.00 bits per heavy atom. The molecule has 1 fully saturated rings. The highest BCUT2D eigenvalue weighted by atomic mass is 31.2. The van der Waals surface area contributed by atoms with Crippen molar-refractivity contribution in [2.24, 2.45) is 0 Å². The van der Waals surface area contributed by atoms with Crippen molar-refractivity contribution in [3.05, 3.63) is 12.0 Å². The molecule has 1 unspecified atom stereocenters. The van der Waals surface area contributed by atoms with Crippen molar-refractivity contribution in [1.29, 1.82) is 0 Å². The van der Waals surface area contributed by atoms with Crippen LogP contribution in [0.2, 0.25) is 0 Å². The number of aromatic nitrogens is 4. The standard InChI is InChI=1S/C10H13N4O7P/c15-2-4-5(16)6(17)7(21-4)9-11-1-3-8(13-9)14-10(12-3)22(18,19)20/h1,4-7,15-17H,2H2,(H2,18,19,20)(H,11,12,13,14)/t4-,5-,6-,7?/m1/s1.